The lowest BCUT2D eigenvalue weighted by Crippen LogP contribution is -2.24. The molecule has 1 fully saturated rings. The molecule has 1 aliphatic rings. The van der Waals surface area contributed by atoms with Gasteiger partial charge in [-0.3, -0.25) is 14.9 Å². The number of nitrogens with one attached hydrogen (secondary N) is 1. The number of aryl methyl sites for hydroxylation is 2. The molecule has 4 aromatic rings. The second-order valence-electron chi connectivity index (χ2n) is 7.81. The smallest absolute Gasteiger partial charge is 0.269 e. The Bertz CT molecular complexity index is 1360. The van der Waals surface area contributed by atoms with Crippen molar-refractivity contribution in [3.8, 4) is 0 Å². The lowest BCUT2D eigenvalue weighted by molar-refractivity contribution is -0.117. The Kier molecular flexibility index (Phi) is 5.44. The highest BCUT2D eigenvalue weighted by atomic mass is 35.5. The Balaban J connectivity index is 1.31. The number of carbonyl (C=O) groups is 2. The molecule has 0 aliphatic carbocycles. The zero-order valence-corrected chi connectivity index (χ0v) is 19.8. The first-order valence-corrected chi connectivity index (χ1v) is 12.1. The van der Waals surface area contributed by atoms with Crippen molar-refractivity contribution in [1.29, 1.82) is 0 Å². The fraction of sp³-hybridized carbons (Fsp3) is 0.217. The zero-order valence-electron chi connectivity index (χ0n) is 17.4. The summed E-state index contributed by atoms with van der Waals surface area (Å²) in [5.74, 6) is -0.297. The molecule has 3 heterocycles. The van der Waals surface area contributed by atoms with E-state index >= 15 is 0 Å². The number of halogens is 1. The Morgan fingerprint density at radius 3 is 2.72 bits per heavy atom. The third-order valence-electron chi connectivity index (χ3n) is 5.68. The number of thiophene rings is 1. The first-order valence-electron chi connectivity index (χ1n) is 10.1. The second kappa shape index (κ2) is 8.27. The van der Waals surface area contributed by atoms with Crippen LogP contribution in [0.3, 0.4) is 0 Å². The van der Waals surface area contributed by atoms with E-state index in [4.69, 9.17) is 11.6 Å². The summed E-state index contributed by atoms with van der Waals surface area (Å²) in [6.45, 7) is 4.64. The molecule has 1 atom stereocenters. The van der Waals surface area contributed by atoms with Gasteiger partial charge in [0.25, 0.3) is 5.91 Å². The van der Waals surface area contributed by atoms with Gasteiger partial charge in [0.1, 0.15) is 9.88 Å². The van der Waals surface area contributed by atoms with Crippen molar-refractivity contribution < 1.29 is 9.59 Å². The molecular formula is C23H19ClN4O2S2. The Morgan fingerprint density at radius 2 is 1.94 bits per heavy atom. The predicted molar refractivity (Wildman–Crippen MR) is 130 cm³/mol. The van der Waals surface area contributed by atoms with E-state index in [0.29, 0.717) is 28.0 Å². The van der Waals surface area contributed by atoms with Gasteiger partial charge in [0, 0.05) is 34.7 Å². The first kappa shape index (κ1) is 21.1. The maximum Gasteiger partial charge on any atom is 0.269 e. The van der Waals surface area contributed by atoms with Crippen molar-refractivity contribution >= 4 is 67.0 Å². The van der Waals surface area contributed by atoms with Gasteiger partial charge in [-0.2, -0.15) is 0 Å². The van der Waals surface area contributed by atoms with Crippen LogP contribution in [0.4, 0.5) is 10.8 Å². The van der Waals surface area contributed by atoms with Gasteiger partial charge in [0.2, 0.25) is 11.0 Å². The maximum atomic E-state index is 12.8. The highest BCUT2D eigenvalue weighted by Crippen LogP contribution is 2.37. The van der Waals surface area contributed by atoms with E-state index in [0.717, 1.165) is 26.3 Å². The fourth-order valence-corrected chi connectivity index (χ4v) is 6.02. The van der Waals surface area contributed by atoms with Crippen LogP contribution in [0.25, 0.3) is 10.1 Å². The minimum atomic E-state index is -0.307. The standard InChI is InChI=1S/C23H19ClN4O2S2/c1-12-7-8-15(9-13(12)2)28-11-14(10-18(28)29)22-26-27-23(32-22)25-21(30)20-19(24)16-5-3-4-6-17(16)31-20/h3-9,14H,10-11H2,1-2H3,(H,25,27,30)/t14-/m0/s1. The fourth-order valence-electron chi connectivity index (χ4n) is 3.78. The lowest BCUT2D eigenvalue weighted by Gasteiger charge is -2.17. The number of carbonyl (C=O) groups excluding carboxylic acids is 2. The van der Waals surface area contributed by atoms with E-state index < -0.39 is 0 Å². The molecule has 0 radical (unpaired) electrons. The van der Waals surface area contributed by atoms with E-state index in [1.165, 1.54) is 28.2 Å². The summed E-state index contributed by atoms with van der Waals surface area (Å²) in [5, 5.41) is 13.6. The van der Waals surface area contributed by atoms with Gasteiger partial charge in [-0.05, 0) is 43.2 Å². The number of benzene rings is 2. The molecule has 0 bridgehead atoms. The molecule has 6 nitrogen and oxygen atoms in total. The van der Waals surface area contributed by atoms with Crippen LogP contribution in [0.5, 0.6) is 0 Å². The Labute approximate surface area is 197 Å². The molecule has 32 heavy (non-hydrogen) atoms. The monoisotopic (exact) mass is 482 g/mol. The second-order valence-corrected chi connectivity index (χ2v) is 10.3. The minimum absolute atomic E-state index is 0.0554. The summed E-state index contributed by atoms with van der Waals surface area (Å²) in [5.41, 5.74) is 3.25. The predicted octanol–water partition coefficient (Wildman–Crippen LogP) is 5.80. The number of rotatable bonds is 4. The molecule has 0 spiro atoms. The molecule has 162 valence electrons. The number of anilines is 2. The molecule has 1 N–H and O–H groups in total. The number of fused-ring (bicyclic) bond motifs is 1. The number of amides is 2. The van der Waals surface area contributed by atoms with Crippen LogP contribution in [0.2, 0.25) is 5.02 Å². The summed E-state index contributed by atoms with van der Waals surface area (Å²) in [4.78, 5) is 27.7. The zero-order chi connectivity index (χ0) is 22.4. The minimum Gasteiger partial charge on any atom is -0.312 e. The van der Waals surface area contributed by atoms with Gasteiger partial charge in [0.05, 0.1) is 5.02 Å². The quantitative estimate of drug-likeness (QED) is 0.399. The highest BCUT2D eigenvalue weighted by molar-refractivity contribution is 7.22. The average Bonchev–Trinajstić information content (AvgIpc) is 3.48. The molecular weight excluding hydrogens is 464 g/mol. The van der Waals surface area contributed by atoms with Gasteiger partial charge < -0.3 is 4.90 Å². The van der Waals surface area contributed by atoms with Gasteiger partial charge in [-0.15, -0.1) is 21.5 Å². The molecule has 1 aliphatic heterocycles. The molecule has 2 aromatic carbocycles. The number of aromatic nitrogens is 2. The van der Waals surface area contributed by atoms with Crippen molar-refractivity contribution in [2.45, 2.75) is 26.2 Å². The topological polar surface area (TPSA) is 75.2 Å². The molecule has 2 amide bonds. The summed E-state index contributed by atoms with van der Waals surface area (Å²) >= 11 is 9.06. The van der Waals surface area contributed by atoms with Crippen molar-refractivity contribution in [3.05, 3.63) is 68.5 Å². The van der Waals surface area contributed by atoms with Crippen molar-refractivity contribution in [2.75, 3.05) is 16.8 Å². The van der Waals surface area contributed by atoms with E-state index in [9.17, 15) is 9.59 Å². The van der Waals surface area contributed by atoms with Crippen LogP contribution in [0.1, 0.15) is 38.1 Å². The van der Waals surface area contributed by atoms with Crippen molar-refractivity contribution in [3.63, 3.8) is 0 Å². The van der Waals surface area contributed by atoms with Crippen LogP contribution in [-0.2, 0) is 4.79 Å². The van der Waals surface area contributed by atoms with E-state index in [1.807, 2.05) is 49.4 Å². The normalized spacial score (nSPS) is 16.2. The van der Waals surface area contributed by atoms with E-state index in [2.05, 4.69) is 22.4 Å². The van der Waals surface area contributed by atoms with Gasteiger partial charge in [0.15, 0.2) is 0 Å². The summed E-state index contributed by atoms with van der Waals surface area (Å²) in [6.07, 6.45) is 0.373. The summed E-state index contributed by atoms with van der Waals surface area (Å²) in [7, 11) is 0. The van der Waals surface area contributed by atoms with Crippen molar-refractivity contribution in [2.24, 2.45) is 0 Å². The summed E-state index contributed by atoms with van der Waals surface area (Å²) in [6, 6.07) is 13.7. The number of hydrogen-bond acceptors (Lipinski definition) is 6. The van der Waals surface area contributed by atoms with Crippen LogP contribution < -0.4 is 10.2 Å². The van der Waals surface area contributed by atoms with Crippen LogP contribution >= 0.6 is 34.3 Å². The van der Waals surface area contributed by atoms with Gasteiger partial charge in [-0.25, -0.2) is 0 Å². The average molecular weight is 483 g/mol. The van der Waals surface area contributed by atoms with Crippen molar-refractivity contribution in [1.82, 2.24) is 10.2 Å². The molecule has 2 aromatic heterocycles. The Hall–Kier alpha value is -2.81. The van der Waals surface area contributed by atoms with E-state index in [-0.39, 0.29) is 17.7 Å². The van der Waals surface area contributed by atoms with Gasteiger partial charge >= 0.3 is 0 Å². The van der Waals surface area contributed by atoms with Crippen LogP contribution in [0, 0.1) is 13.8 Å². The summed E-state index contributed by atoms with van der Waals surface area (Å²) < 4.78 is 0.955. The molecule has 0 saturated carbocycles. The Morgan fingerprint density at radius 1 is 1.12 bits per heavy atom. The number of hydrogen-bond donors (Lipinski definition) is 1. The lowest BCUT2D eigenvalue weighted by atomic mass is 10.1. The SMILES string of the molecule is Cc1ccc(N2C[C@@H](c3nnc(NC(=O)c4sc5ccccc5c4Cl)s3)CC2=O)cc1C. The highest BCUT2D eigenvalue weighted by Gasteiger charge is 2.34. The molecule has 0 unspecified atom stereocenters. The number of nitrogens with zero attached hydrogens (tertiary/aromatic N) is 3. The molecule has 5 rings (SSSR count). The molecule has 1 saturated heterocycles. The van der Waals surface area contributed by atoms with Crippen LogP contribution in [0.15, 0.2) is 42.5 Å². The maximum absolute atomic E-state index is 12.8. The third-order valence-corrected chi connectivity index (χ3v) is 8.35. The largest absolute Gasteiger partial charge is 0.312 e. The van der Waals surface area contributed by atoms with Crippen LogP contribution in [-0.4, -0.2) is 28.6 Å². The van der Waals surface area contributed by atoms with Gasteiger partial charge in [-0.1, -0.05) is 47.2 Å². The molecule has 9 heteroatoms. The first-order chi connectivity index (χ1) is 15.4. The van der Waals surface area contributed by atoms with E-state index in [1.54, 1.807) is 4.90 Å². The third kappa shape index (κ3) is 3.79.